The maximum Gasteiger partial charge on any atom is 0.339 e. The normalized spacial score (nSPS) is 33.3. The van der Waals surface area contributed by atoms with Crippen molar-refractivity contribution >= 4 is 16.1 Å². The lowest BCUT2D eigenvalue weighted by atomic mass is 10.0. The van der Waals surface area contributed by atoms with E-state index in [2.05, 4.69) is 4.74 Å². The molecule has 9 nitrogen and oxygen atoms in total. The van der Waals surface area contributed by atoms with E-state index in [1.165, 1.54) is 0 Å². The van der Waals surface area contributed by atoms with Crippen LogP contribution in [0.25, 0.3) is 0 Å². The van der Waals surface area contributed by atoms with Gasteiger partial charge in [-0.3, -0.25) is 4.18 Å². The van der Waals surface area contributed by atoms with Crippen molar-refractivity contribution in [2.24, 2.45) is 0 Å². The summed E-state index contributed by atoms with van der Waals surface area (Å²) in [7, 11) is -2.80. The Balaban J connectivity index is 2.29. The second kappa shape index (κ2) is 6.50. The smallest absolute Gasteiger partial charge is 0.339 e. The van der Waals surface area contributed by atoms with E-state index in [0.717, 1.165) is 13.4 Å². The summed E-state index contributed by atoms with van der Waals surface area (Å²) in [5.41, 5.74) is 0. The lowest BCUT2D eigenvalue weighted by Crippen LogP contribution is -2.49. The summed E-state index contributed by atoms with van der Waals surface area (Å²) in [6.07, 6.45) is -3.03. The Morgan fingerprint density at radius 3 is 2.21 bits per heavy atom. The highest BCUT2D eigenvalue weighted by Crippen LogP contribution is 2.37. The Labute approximate surface area is 141 Å². The first-order valence-electron chi connectivity index (χ1n) is 7.47. The molecule has 2 aliphatic rings. The molecule has 0 aromatic heterocycles. The van der Waals surface area contributed by atoms with Crippen molar-refractivity contribution in [3.05, 3.63) is 0 Å². The zero-order chi connectivity index (χ0) is 18.3. The second-order valence-corrected chi connectivity index (χ2v) is 8.28. The SMILES string of the molecule is COC(=O)[C@@H](OS(C)(=O)=O)[C@H]1OC(C)(C)O[C@@H]1[C@H]1COC(C)(C)O1. The van der Waals surface area contributed by atoms with Crippen LogP contribution in [0.15, 0.2) is 0 Å². The number of carbonyl (C=O) groups excluding carboxylic acids is 1. The molecule has 0 aromatic rings. The van der Waals surface area contributed by atoms with Crippen LogP contribution in [-0.2, 0) is 42.8 Å². The van der Waals surface area contributed by atoms with Crippen LogP contribution in [0.4, 0.5) is 0 Å². The molecule has 0 aliphatic carbocycles. The van der Waals surface area contributed by atoms with E-state index < -0.39 is 52.1 Å². The molecule has 0 radical (unpaired) electrons. The molecule has 2 saturated heterocycles. The molecule has 0 N–H and O–H groups in total. The minimum atomic E-state index is -3.93. The third-order valence-corrected chi connectivity index (χ3v) is 4.13. The Bertz CT molecular complexity index is 583. The summed E-state index contributed by atoms with van der Waals surface area (Å²) in [4.78, 5) is 12.1. The molecule has 0 bridgehead atoms. The largest absolute Gasteiger partial charge is 0.467 e. The molecule has 2 aliphatic heterocycles. The number of ether oxygens (including phenoxy) is 5. The minimum Gasteiger partial charge on any atom is -0.467 e. The molecule has 140 valence electrons. The molecule has 0 spiro atoms. The van der Waals surface area contributed by atoms with Gasteiger partial charge < -0.3 is 23.7 Å². The lowest BCUT2D eigenvalue weighted by Gasteiger charge is -2.27. The van der Waals surface area contributed by atoms with E-state index in [9.17, 15) is 13.2 Å². The molecule has 24 heavy (non-hydrogen) atoms. The van der Waals surface area contributed by atoms with E-state index in [-0.39, 0.29) is 6.61 Å². The average Bonchev–Trinajstić information content (AvgIpc) is 2.93. The fourth-order valence-electron chi connectivity index (χ4n) is 2.75. The fraction of sp³-hybridized carbons (Fsp3) is 0.929. The van der Waals surface area contributed by atoms with Gasteiger partial charge in [-0.05, 0) is 27.7 Å². The van der Waals surface area contributed by atoms with Crippen LogP contribution in [0.1, 0.15) is 27.7 Å². The zero-order valence-corrected chi connectivity index (χ0v) is 15.4. The summed E-state index contributed by atoms with van der Waals surface area (Å²) in [5, 5.41) is 0. The highest BCUT2D eigenvalue weighted by molar-refractivity contribution is 7.86. The van der Waals surface area contributed by atoms with Crippen molar-refractivity contribution < 1.29 is 41.1 Å². The molecule has 4 atom stereocenters. The lowest BCUT2D eigenvalue weighted by molar-refractivity contribution is -0.176. The van der Waals surface area contributed by atoms with E-state index in [1.54, 1.807) is 27.7 Å². The molecule has 0 unspecified atom stereocenters. The van der Waals surface area contributed by atoms with Gasteiger partial charge in [0, 0.05) is 0 Å². The van der Waals surface area contributed by atoms with Crippen LogP contribution >= 0.6 is 0 Å². The molecule has 2 rings (SSSR count). The predicted molar refractivity (Wildman–Crippen MR) is 80.5 cm³/mol. The maximum absolute atomic E-state index is 12.1. The first-order valence-corrected chi connectivity index (χ1v) is 9.29. The standard InChI is InChI=1S/C14H24O9S/c1-13(2)19-7-8(20-13)9-10(22-14(3,4)21-9)11(12(15)18-5)23-24(6,16)17/h8-11H,7H2,1-6H3/t8-,9-,10+,11+/m1/s1. The van der Waals surface area contributed by atoms with Crippen LogP contribution in [-0.4, -0.2) is 70.3 Å². The summed E-state index contributed by atoms with van der Waals surface area (Å²) in [6.45, 7) is 6.99. The predicted octanol–water partition coefficient (Wildman–Crippen LogP) is 0.176. The van der Waals surface area contributed by atoms with Gasteiger partial charge in [0.2, 0.25) is 6.10 Å². The zero-order valence-electron chi connectivity index (χ0n) is 14.6. The third kappa shape index (κ3) is 4.64. The van der Waals surface area contributed by atoms with Gasteiger partial charge in [-0.2, -0.15) is 8.42 Å². The number of hydrogen-bond donors (Lipinski definition) is 0. The van der Waals surface area contributed by atoms with Crippen molar-refractivity contribution in [1.82, 2.24) is 0 Å². The van der Waals surface area contributed by atoms with Gasteiger partial charge in [0.15, 0.2) is 11.6 Å². The van der Waals surface area contributed by atoms with Crippen LogP contribution in [0, 0.1) is 0 Å². The molecular weight excluding hydrogens is 344 g/mol. The first-order chi connectivity index (χ1) is 10.8. The second-order valence-electron chi connectivity index (χ2n) is 6.68. The van der Waals surface area contributed by atoms with E-state index in [4.69, 9.17) is 23.1 Å². The summed E-state index contributed by atoms with van der Waals surface area (Å²) in [5.74, 6) is -2.75. The Morgan fingerprint density at radius 2 is 1.75 bits per heavy atom. The van der Waals surface area contributed by atoms with Crippen LogP contribution in [0.2, 0.25) is 0 Å². The van der Waals surface area contributed by atoms with Crippen molar-refractivity contribution in [2.45, 2.75) is 63.7 Å². The summed E-state index contributed by atoms with van der Waals surface area (Å²) in [6, 6.07) is 0. The number of methoxy groups -OCH3 is 1. The van der Waals surface area contributed by atoms with Gasteiger partial charge in [0.25, 0.3) is 10.1 Å². The van der Waals surface area contributed by atoms with Crippen LogP contribution in [0.3, 0.4) is 0 Å². The van der Waals surface area contributed by atoms with Gasteiger partial charge in [-0.1, -0.05) is 0 Å². The molecule has 2 fully saturated rings. The first kappa shape index (κ1) is 19.5. The summed E-state index contributed by atoms with van der Waals surface area (Å²) < 4.78 is 55.4. The number of hydrogen-bond acceptors (Lipinski definition) is 9. The molecule has 0 amide bonds. The molecule has 0 aromatic carbocycles. The van der Waals surface area contributed by atoms with Gasteiger partial charge in [0.05, 0.1) is 20.0 Å². The number of esters is 1. The Morgan fingerprint density at radius 1 is 1.12 bits per heavy atom. The van der Waals surface area contributed by atoms with E-state index >= 15 is 0 Å². The molecule has 2 heterocycles. The Hall–Kier alpha value is -0.780. The van der Waals surface area contributed by atoms with Crippen molar-refractivity contribution in [1.29, 1.82) is 0 Å². The molecule has 0 saturated carbocycles. The highest BCUT2D eigenvalue weighted by atomic mass is 32.2. The van der Waals surface area contributed by atoms with Gasteiger partial charge in [0.1, 0.15) is 18.3 Å². The van der Waals surface area contributed by atoms with Crippen LogP contribution < -0.4 is 0 Å². The monoisotopic (exact) mass is 368 g/mol. The van der Waals surface area contributed by atoms with Gasteiger partial charge >= 0.3 is 5.97 Å². The molecule has 10 heteroatoms. The van der Waals surface area contributed by atoms with Gasteiger partial charge in [-0.15, -0.1) is 0 Å². The number of carbonyl (C=O) groups is 1. The summed E-state index contributed by atoms with van der Waals surface area (Å²) >= 11 is 0. The number of rotatable bonds is 5. The van der Waals surface area contributed by atoms with Gasteiger partial charge in [-0.25, -0.2) is 4.79 Å². The third-order valence-electron chi connectivity index (χ3n) is 3.57. The van der Waals surface area contributed by atoms with Crippen molar-refractivity contribution in [3.63, 3.8) is 0 Å². The van der Waals surface area contributed by atoms with Crippen molar-refractivity contribution in [3.8, 4) is 0 Å². The maximum atomic E-state index is 12.1. The quantitative estimate of drug-likeness (QED) is 0.496. The molecular formula is C14H24O9S. The minimum absolute atomic E-state index is 0.209. The average molecular weight is 368 g/mol. The van der Waals surface area contributed by atoms with E-state index in [0.29, 0.717) is 0 Å². The highest BCUT2D eigenvalue weighted by Gasteiger charge is 2.55. The van der Waals surface area contributed by atoms with E-state index in [1.807, 2.05) is 0 Å². The van der Waals surface area contributed by atoms with Crippen LogP contribution in [0.5, 0.6) is 0 Å². The topological polar surface area (TPSA) is 107 Å². The fourth-order valence-corrected chi connectivity index (χ4v) is 3.31. The van der Waals surface area contributed by atoms with Crippen molar-refractivity contribution in [2.75, 3.05) is 20.0 Å². The Kier molecular flexibility index (Phi) is 5.30.